The molecule has 146 valence electrons. The molecule has 5 N–H and O–H groups in total. The van der Waals surface area contributed by atoms with Gasteiger partial charge in [-0.2, -0.15) is 4.98 Å². The van der Waals surface area contributed by atoms with Crippen LogP contribution in [-0.4, -0.2) is 60.0 Å². The number of aliphatic hydroxyl groups excluding tert-OH is 3. The van der Waals surface area contributed by atoms with Crippen molar-refractivity contribution in [1.82, 2.24) is 19.5 Å². The molecule has 0 saturated carbocycles. The molecule has 0 saturated heterocycles. The standard InChI is InChI=1S/C16H18N4O4.CH4O2/c1-8-3-11-12(4-9(8)2)20(5-10(6-21)7-22)14-13(17-11)15(23)19-16(24)18-14;2-1-3/h3-4,10,21-22H,5-7H2,1-2H3,(H,19,23,24);2-3H,1H2. The lowest BCUT2D eigenvalue weighted by molar-refractivity contribution is 0.0773. The summed E-state index contributed by atoms with van der Waals surface area (Å²) in [7, 11) is 0. The first kappa shape index (κ1) is 20.6. The molecule has 0 aliphatic carbocycles. The third kappa shape index (κ3) is 4.37. The maximum absolute atomic E-state index is 12.1. The van der Waals surface area contributed by atoms with Gasteiger partial charge in [-0.05, 0) is 37.1 Å². The molecule has 10 heteroatoms. The fourth-order valence-corrected chi connectivity index (χ4v) is 2.67. The second-order valence-electron chi connectivity index (χ2n) is 6.06. The number of fused-ring (bicyclic) bond motifs is 2. The monoisotopic (exact) mass is 378 g/mol. The van der Waals surface area contributed by atoms with E-state index in [9.17, 15) is 19.8 Å². The van der Waals surface area contributed by atoms with Crippen molar-refractivity contribution in [2.75, 3.05) is 20.0 Å². The summed E-state index contributed by atoms with van der Waals surface area (Å²) in [6.07, 6.45) is 0. The van der Waals surface area contributed by atoms with Crippen molar-refractivity contribution in [1.29, 1.82) is 0 Å². The van der Waals surface area contributed by atoms with Crippen LogP contribution in [0.4, 0.5) is 0 Å². The van der Waals surface area contributed by atoms with E-state index >= 15 is 0 Å². The first-order valence-electron chi connectivity index (χ1n) is 8.21. The molecular weight excluding hydrogens is 356 g/mol. The van der Waals surface area contributed by atoms with Gasteiger partial charge in [-0.3, -0.25) is 9.78 Å². The number of hydrogen-bond donors (Lipinski definition) is 5. The molecule has 0 bridgehead atoms. The summed E-state index contributed by atoms with van der Waals surface area (Å²) >= 11 is 0. The second-order valence-corrected chi connectivity index (χ2v) is 6.06. The van der Waals surface area contributed by atoms with Gasteiger partial charge in [-0.25, -0.2) is 9.78 Å². The van der Waals surface area contributed by atoms with Crippen molar-refractivity contribution in [2.45, 2.75) is 20.4 Å². The molecule has 0 amide bonds. The van der Waals surface area contributed by atoms with E-state index in [0.29, 0.717) is 11.0 Å². The lowest BCUT2D eigenvalue weighted by Gasteiger charge is -2.20. The minimum atomic E-state index is -0.754. The van der Waals surface area contributed by atoms with Crippen molar-refractivity contribution in [2.24, 2.45) is 5.92 Å². The number of rotatable bonds is 4. The van der Waals surface area contributed by atoms with Gasteiger partial charge in [0.15, 0.2) is 11.5 Å². The summed E-state index contributed by atoms with van der Waals surface area (Å²) in [5.41, 5.74) is 2.01. The zero-order valence-corrected chi connectivity index (χ0v) is 15.0. The third-order valence-corrected chi connectivity index (χ3v) is 4.18. The SMILES string of the molecule is Cc1cc2nc3c(=O)[nH]c(=O)nc-3n(CC(CO)CO)c2cc1C.OCO. The molecule has 0 unspecified atom stereocenters. The highest BCUT2D eigenvalue weighted by Gasteiger charge is 2.21. The molecule has 3 rings (SSSR count). The quantitative estimate of drug-likeness (QED) is 0.277. The topological polar surface area (TPSA) is 162 Å². The normalized spacial score (nSPS) is 11.1. The smallest absolute Gasteiger partial charge is 0.349 e. The van der Waals surface area contributed by atoms with Crippen LogP contribution < -0.4 is 11.2 Å². The number of aliphatic hydroxyl groups is 4. The molecule has 10 nitrogen and oxygen atoms in total. The van der Waals surface area contributed by atoms with Gasteiger partial charge in [-0.15, -0.1) is 0 Å². The van der Waals surface area contributed by atoms with Crippen LogP contribution in [0.3, 0.4) is 0 Å². The Hall–Kier alpha value is -2.66. The average molecular weight is 378 g/mol. The number of aromatic amines is 1. The summed E-state index contributed by atoms with van der Waals surface area (Å²) < 4.78 is 1.66. The van der Waals surface area contributed by atoms with E-state index in [2.05, 4.69) is 15.0 Å². The van der Waals surface area contributed by atoms with Gasteiger partial charge in [0.05, 0.1) is 11.0 Å². The Morgan fingerprint density at radius 1 is 1.04 bits per heavy atom. The van der Waals surface area contributed by atoms with Crippen LogP contribution in [0.2, 0.25) is 0 Å². The van der Waals surface area contributed by atoms with Gasteiger partial charge in [0, 0.05) is 25.7 Å². The van der Waals surface area contributed by atoms with Crippen LogP contribution >= 0.6 is 0 Å². The number of aromatic nitrogens is 4. The van der Waals surface area contributed by atoms with E-state index in [-0.39, 0.29) is 31.3 Å². The fourth-order valence-electron chi connectivity index (χ4n) is 2.67. The predicted octanol–water partition coefficient (Wildman–Crippen LogP) is -1.27. The van der Waals surface area contributed by atoms with Crippen LogP contribution in [0, 0.1) is 19.8 Å². The van der Waals surface area contributed by atoms with Gasteiger partial charge in [0.2, 0.25) is 0 Å². The van der Waals surface area contributed by atoms with Gasteiger partial charge >= 0.3 is 5.69 Å². The van der Waals surface area contributed by atoms with Crippen LogP contribution in [0.1, 0.15) is 11.1 Å². The molecule has 27 heavy (non-hydrogen) atoms. The van der Waals surface area contributed by atoms with Gasteiger partial charge in [0.25, 0.3) is 5.56 Å². The van der Waals surface area contributed by atoms with Crippen LogP contribution in [0.25, 0.3) is 22.6 Å². The Morgan fingerprint density at radius 2 is 1.63 bits per heavy atom. The van der Waals surface area contributed by atoms with Crippen molar-refractivity contribution < 1.29 is 20.4 Å². The molecule has 2 heterocycles. The van der Waals surface area contributed by atoms with E-state index in [1.54, 1.807) is 4.57 Å². The van der Waals surface area contributed by atoms with Crippen molar-refractivity contribution in [3.63, 3.8) is 0 Å². The molecule has 0 aromatic heterocycles. The predicted molar refractivity (Wildman–Crippen MR) is 97.5 cm³/mol. The van der Waals surface area contributed by atoms with Gasteiger partial charge in [-0.1, -0.05) is 0 Å². The van der Waals surface area contributed by atoms with E-state index < -0.39 is 24.0 Å². The zero-order valence-electron chi connectivity index (χ0n) is 15.0. The number of H-pyrrole nitrogens is 1. The van der Waals surface area contributed by atoms with E-state index in [4.69, 9.17) is 10.2 Å². The Bertz CT molecular complexity index is 1010. The Morgan fingerprint density at radius 3 is 2.22 bits per heavy atom. The van der Waals surface area contributed by atoms with Gasteiger partial charge < -0.3 is 25.0 Å². The number of nitrogens with one attached hydrogen (secondary N) is 1. The first-order chi connectivity index (χ1) is 12.9. The highest BCUT2D eigenvalue weighted by atomic mass is 16.5. The molecule has 1 aromatic carbocycles. The maximum Gasteiger partial charge on any atom is 0.349 e. The summed E-state index contributed by atoms with van der Waals surface area (Å²) in [6, 6.07) is 3.76. The summed E-state index contributed by atoms with van der Waals surface area (Å²) in [5, 5.41) is 33.1. The summed E-state index contributed by atoms with van der Waals surface area (Å²) in [4.78, 5) is 34.1. The van der Waals surface area contributed by atoms with Crippen molar-refractivity contribution in [3.8, 4) is 11.5 Å². The molecular formula is C17H22N4O6. The van der Waals surface area contributed by atoms with E-state index in [1.807, 2.05) is 26.0 Å². The summed E-state index contributed by atoms with van der Waals surface area (Å²) in [6.45, 7) is 2.89. The van der Waals surface area contributed by atoms with E-state index in [1.165, 1.54) is 0 Å². The Labute approximate surface area is 153 Å². The average Bonchev–Trinajstić information content (AvgIpc) is 2.62. The number of nitrogens with zero attached hydrogens (tertiary/aromatic N) is 3. The molecule has 2 aliphatic rings. The highest BCUT2D eigenvalue weighted by Crippen LogP contribution is 2.24. The molecule has 0 spiro atoms. The van der Waals surface area contributed by atoms with Crippen molar-refractivity contribution >= 4 is 11.0 Å². The lowest BCUT2D eigenvalue weighted by atomic mass is 10.1. The maximum atomic E-state index is 12.1. The third-order valence-electron chi connectivity index (χ3n) is 4.18. The van der Waals surface area contributed by atoms with Crippen LogP contribution in [0.5, 0.6) is 0 Å². The first-order valence-corrected chi connectivity index (χ1v) is 8.21. The fraction of sp³-hybridized carbons (Fsp3) is 0.412. The Balaban J connectivity index is 0.000000817. The van der Waals surface area contributed by atoms with Gasteiger partial charge in [0.1, 0.15) is 6.79 Å². The number of aryl methyl sites for hydroxylation is 2. The van der Waals surface area contributed by atoms with Crippen LogP contribution in [-0.2, 0) is 6.54 Å². The number of benzene rings is 1. The van der Waals surface area contributed by atoms with E-state index in [0.717, 1.165) is 11.1 Å². The molecule has 1 aromatic rings. The van der Waals surface area contributed by atoms with Crippen molar-refractivity contribution in [3.05, 3.63) is 44.1 Å². The number of hydrogen-bond acceptors (Lipinski definition) is 8. The summed E-state index contributed by atoms with van der Waals surface area (Å²) in [5.74, 6) is -0.298. The second kappa shape index (κ2) is 8.82. The molecule has 0 fully saturated rings. The Kier molecular flexibility index (Phi) is 6.75. The zero-order chi connectivity index (χ0) is 20.1. The highest BCUT2D eigenvalue weighted by molar-refractivity contribution is 5.81. The van der Waals surface area contributed by atoms with Crippen LogP contribution in [0.15, 0.2) is 21.7 Å². The lowest BCUT2D eigenvalue weighted by Crippen LogP contribution is -2.30. The largest absolute Gasteiger partial charge is 0.396 e. The minimum Gasteiger partial charge on any atom is -0.396 e. The molecule has 0 atom stereocenters. The molecule has 2 aliphatic heterocycles. The molecule has 0 radical (unpaired) electrons. The minimum absolute atomic E-state index is 0.0555.